The minimum absolute atomic E-state index is 0.0696. The average Bonchev–Trinajstić information content (AvgIpc) is 2.83. The van der Waals surface area contributed by atoms with Crippen LogP contribution in [0.4, 0.5) is 0 Å². The molecule has 0 amide bonds. The molecule has 0 aliphatic heterocycles. The summed E-state index contributed by atoms with van der Waals surface area (Å²) in [6.07, 6.45) is 1.48. The van der Waals surface area contributed by atoms with Crippen LogP contribution in [-0.2, 0) is 0 Å². The number of thiophene rings is 1. The van der Waals surface area contributed by atoms with Gasteiger partial charge in [-0.05, 0) is 25.3 Å². The van der Waals surface area contributed by atoms with Crippen molar-refractivity contribution in [3.8, 4) is 0 Å². The van der Waals surface area contributed by atoms with Crippen molar-refractivity contribution in [2.24, 2.45) is 0 Å². The van der Waals surface area contributed by atoms with E-state index in [1.165, 1.54) is 17.5 Å². The molecule has 2 heterocycles. The van der Waals surface area contributed by atoms with Gasteiger partial charge in [-0.2, -0.15) is 5.10 Å². The number of carbonyl (C=O) groups excluding carboxylic acids is 1. The Bertz CT molecular complexity index is 560. The second kappa shape index (κ2) is 4.80. The van der Waals surface area contributed by atoms with E-state index >= 15 is 0 Å². The fourth-order valence-corrected chi connectivity index (χ4v) is 2.81. The van der Waals surface area contributed by atoms with Gasteiger partial charge in [0, 0.05) is 6.04 Å². The Morgan fingerprint density at radius 3 is 2.65 bits per heavy atom. The normalized spacial score (nSPS) is 11.1. The van der Waals surface area contributed by atoms with Crippen LogP contribution in [0.25, 0.3) is 0 Å². The highest BCUT2D eigenvalue weighted by Gasteiger charge is 2.23. The van der Waals surface area contributed by atoms with Gasteiger partial charge in [0.05, 0.1) is 21.1 Å². The van der Waals surface area contributed by atoms with Crippen molar-refractivity contribution < 1.29 is 4.79 Å². The van der Waals surface area contributed by atoms with Crippen molar-refractivity contribution in [3.63, 3.8) is 0 Å². The van der Waals surface area contributed by atoms with Crippen LogP contribution in [0, 0.1) is 0 Å². The van der Waals surface area contributed by atoms with Gasteiger partial charge in [0.15, 0.2) is 0 Å². The Balaban J connectivity index is 2.51. The summed E-state index contributed by atoms with van der Waals surface area (Å²) in [5.41, 5.74) is 0.394. The smallest absolute Gasteiger partial charge is 0.223 e. The van der Waals surface area contributed by atoms with E-state index in [0.29, 0.717) is 20.6 Å². The molecule has 0 bridgehead atoms. The number of hydrogen-bond donors (Lipinski definition) is 0. The maximum Gasteiger partial charge on any atom is 0.223 e. The number of nitrogens with zero attached hydrogens (tertiary/aromatic N) is 2. The highest BCUT2D eigenvalue weighted by Crippen LogP contribution is 2.28. The largest absolute Gasteiger partial charge is 0.286 e. The van der Waals surface area contributed by atoms with Crippen LogP contribution in [-0.4, -0.2) is 15.6 Å². The third kappa shape index (κ3) is 2.25. The molecular formula is C11H10Cl2N2OS. The molecule has 3 nitrogen and oxygen atoms in total. The van der Waals surface area contributed by atoms with Crippen LogP contribution in [0.1, 0.15) is 35.3 Å². The number of halogens is 2. The van der Waals surface area contributed by atoms with E-state index in [-0.39, 0.29) is 11.8 Å². The Morgan fingerprint density at radius 1 is 1.41 bits per heavy atom. The first-order valence-corrected chi connectivity index (χ1v) is 6.66. The first-order valence-electron chi connectivity index (χ1n) is 5.03. The summed E-state index contributed by atoms with van der Waals surface area (Å²) >= 11 is 13.3. The second-order valence-corrected chi connectivity index (χ2v) is 5.54. The minimum Gasteiger partial charge on any atom is -0.286 e. The zero-order valence-electron chi connectivity index (χ0n) is 9.28. The molecule has 0 atom stereocenters. The fourth-order valence-electron chi connectivity index (χ4n) is 1.51. The third-order valence-corrected chi connectivity index (χ3v) is 3.90. The number of ketones is 1. The van der Waals surface area contributed by atoms with E-state index < -0.39 is 0 Å². The molecule has 2 aromatic rings. The van der Waals surface area contributed by atoms with E-state index in [1.807, 2.05) is 13.8 Å². The molecule has 0 spiro atoms. The standard InChI is InChI=1S/C11H10Cl2N2OS/c1-6(2)15-9(8(13)5-14-15)10(16)11-7(12)3-4-17-11/h3-6H,1-2H3. The summed E-state index contributed by atoms with van der Waals surface area (Å²) in [6.45, 7) is 3.88. The van der Waals surface area contributed by atoms with Gasteiger partial charge in [0.1, 0.15) is 5.69 Å². The molecule has 0 saturated heterocycles. The summed E-state index contributed by atoms with van der Waals surface area (Å²) in [6, 6.07) is 1.77. The summed E-state index contributed by atoms with van der Waals surface area (Å²) in [5, 5.41) is 6.68. The van der Waals surface area contributed by atoms with Crippen LogP contribution >= 0.6 is 34.5 Å². The van der Waals surface area contributed by atoms with Gasteiger partial charge in [0.2, 0.25) is 5.78 Å². The molecule has 0 aromatic carbocycles. The highest BCUT2D eigenvalue weighted by molar-refractivity contribution is 7.13. The van der Waals surface area contributed by atoms with Crippen LogP contribution in [0.3, 0.4) is 0 Å². The lowest BCUT2D eigenvalue weighted by atomic mass is 10.2. The molecule has 6 heteroatoms. The highest BCUT2D eigenvalue weighted by atomic mass is 35.5. The van der Waals surface area contributed by atoms with Crippen molar-refractivity contribution >= 4 is 40.3 Å². The SMILES string of the molecule is CC(C)n1ncc(Cl)c1C(=O)c1sccc1Cl. The Hall–Kier alpha value is -0.840. The zero-order valence-corrected chi connectivity index (χ0v) is 11.6. The van der Waals surface area contributed by atoms with Gasteiger partial charge >= 0.3 is 0 Å². The Kier molecular flexibility index (Phi) is 3.56. The number of rotatable bonds is 3. The molecule has 2 aromatic heterocycles. The van der Waals surface area contributed by atoms with Crippen LogP contribution in [0.2, 0.25) is 10.0 Å². The van der Waals surface area contributed by atoms with Crippen molar-refractivity contribution in [1.29, 1.82) is 0 Å². The molecule has 0 radical (unpaired) electrons. The topological polar surface area (TPSA) is 34.9 Å². The lowest BCUT2D eigenvalue weighted by molar-refractivity contribution is 0.103. The second-order valence-electron chi connectivity index (χ2n) is 3.81. The first kappa shape index (κ1) is 12.6. The van der Waals surface area contributed by atoms with Gasteiger partial charge in [-0.3, -0.25) is 9.48 Å². The summed E-state index contributed by atoms with van der Waals surface area (Å²) < 4.78 is 1.61. The fraction of sp³-hybridized carbons (Fsp3) is 0.273. The van der Waals surface area contributed by atoms with Crippen LogP contribution < -0.4 is 0 Å². The average molecular weight is 289 g/mol. The molecule has 2 rings (SSSR count). The first-order chi connectivity index (χ1) is 8.02. The molecular weight excluding hydrogens is 279 g/mol. The van der Waals surface area contributed by atoms with Crippen LogP contribution in [0.5, 0.6) is 0 Å². The van der Waals surface area contributed by atoms with Crippen molar-refractivity contribution in [2.75, 3.05) is 0 Å². The molecule has 17 heavy (non-hydrogen) atoms. The van der Waals surface area contributed by atoms with Crippen molar-refractivity contribution in [2.45, 2.75) is 19.9 Å². The molecule has 0 saturated carbocycles. The van der Waals surface area contributed by atoms with E-state index in [9.17, 15) is 4.79 Å². The Morgan fingerprint density at radius 2 is 2.12 bits per heavy atom. The van der Waals surface area contributed by atoms with Gasteiger partial charge < -0.3 is 0 Å². The molecule has 0 fully saturated rings. The van der Waals surface area contributed by atoms with E-state index in [0.717, 1.165) is 0 Å². The van der Waals surface area contributed by atoms with Crippen molar-refractivity contribution in [3.05, 3.63) is 38.3 Å². The molecule has 0 N–H and O–H groups in total. The van der Waals surface area contributed by atoms with Gasteiger partial charge in [-0.25, -0.2) is 0 Å². The molecule has 0 unspecified atom stereocenters. The van der Waals surface area contributed by atoms with E-state index in [4.69, 9.17) is 23.2 Å². The van der Waals surface area contributed by atoms with Gasteiger partial charge in [0.25, 0.3) is 0 Å². The summed E-state index contributed by atoms with van der Waals surface area (Å²) in [7, 11) is 0. The number of aromatic nitrogens is 2. The van der Waals surface area contributed by atoms with Crippen molar-refractivity contribution in [1.82, 2.24) is 9.78 Å². The maximum absolute atomic E-state index is 12.3. The van der Waals surface area contributed by atoms with Gasteiger partial charge in [-0.1, -0.05) is 23.2 Å². The van der Waals surface area contributed by atoms with Gasteiger partial charge in [-0.15, -0.1) is 11.3 Å². The zero-order chi connectivity index (χ0) is 12.6. The van der Waals surface area contributed by atoms with E-state index in [1.54, 1.807) is 16.1 Å². The summed E-state index contributed by atoms with van der Waals surface area (Å²) in [4.78, 5) is 12.8. The third-order valence-electron chi connectivity index (χ3n) is 2.28. The Labute approximate surface area is 113 Å². The molecule has 0 aliphatic rings. The maximum atomic E-state index is 12.3. The van der Waals surface area contributed by atoms with Crippen LogP contribution in [0.15, 0.2) is 17.6 Å². The lowest BCUT2D eigenvalue weighted by Crippen LogP contribution is -2.13. The monoisotopic (exact) mass is 288 g/mol. The molecule has 90 valence electrons. The minimum atomic E-state index is -0.179. The number of carbonyl (C=O) groups is 1. The predicted molar refractivity (Wildman–Crippen MR) is 70.4 cm³/mol. The quantitative estimate of drug-likeness (QED) is 0.798. The summed E-state index contributed by atoms with van der Waals surface area (Å²) in [5.74, 6) is -0.179. The predicted octanol–water partition coefficient (Wildman–Crippen LogP) is 4.06. The molecule has 0 aliphatic carbocycles. The number of hydrogen-bond acceptors (Lipinski definition) is 3. The lowest BCUT2D eigenvalue weighted by Gasteiger charge is -2.09. The van der Waals surface area contributed by atoms with E-state index in [2.05, 4.69) is 5.10 Å².